The Hall–Kier alpha value is -2.26. The summed E-state index contributed by atoms with van der Waals surface area (Å²) in [5, 5.41) is 5.92. The van der Waals surface area contributed by atoms with Crippen LogP contribution in [0.15, 0.2) is 54.7 Å². The summed E-state index contributed by atoms with van der Waals surface area (Å²) in [6.45, 7) is 0.824. The molecule has 2 aromatic carbocycles. The van der Waals surface area contributed by atoms with E-state index < -0.39 is 0 Å². The number of hydrogen-bond acceptors (Lipinski definition) is 3. The second kappa shape index (κ2) is 5.26. The fourth-order valence-corrected chi connectivity index (χ4v) is 2.58. The van der Waals surface area contributed by atoms with Gasteiger partial charge in [0.15, 0.2) is 5.82 Å². The maximum absolute atomic E-state index is 4.72. The van der Waals surface area contributed by atoms with E-state index in [0.29, 0.717) is 6.04 Å². The van der Waals surface area contributed by atoms with Gasteiger partial charge in [-0.1, -0.05) is 42.5 Å². The van der Waals surface area contributed by atoms with E-state index in [1.807, 2.05) is 12.3 Å². The predicted octanol–water partition coefficient (Wildman–Crippen LogP) is 3.55. The molecule has 0 spiro atoms. The van der Waals surface area contributed by atoms with Crippen LogP contribution in [0.3, 0.4) is 0 Å². The van der Waals surface area contributed by atoms with Gasteiger partial charge in [0, 0.05) is 24.3 Å². The van der Waals surface area contributed by atoms with Gasteiger partial charge in [0.2, 0.25) is 0 Å². The first-order chi connectivity index (χ1) is 10.4. The van der Waals surface area contributed by atoms with Crippen LogP contribution in [0.5, 0.6) is 0 Å². The van der Waals surface area contributed by atoms with Crippen molar-refractivity contribution in [1.82, 2.24) is 15.3 Å². The Morgan fingerprint density at radius 3 is 2.76 bits per heavy atom. The summed E-state index contributed by atoms with van der Waals surface area (Å²) < 4.78 is 0. The molecule has 0 radical (unpaired) electrons. The van der Waals surface area contributed by atoms with E-state index in [1.54, 1.807) is 0 Å². The molecule has 1 aliphatic carbocycles. The van der Waals surface area contributed by atoms with Gasteiger partial charge in [0.05, 0.1) is 5.69 Å². The third-order valence-corrected chi connectivity index (χ3v) is 3.89. The third kappa shape index (κ3) is 2.65. The molecular formula is C18H17N3. The Kier molecular flexibility index (Phi) is 3.13. The quantitative estimate of drug-likeness (QED) is 0.791. The zero-order valence-corrected chi connectivity index (χ0v) is 11.8. The summed E-state index contributed by atoms with van der Waals surface area (Å²) in [4.78, 5) is 9.18. The van der Waals surface area contributed by atoms with Crippen molar-refractivity contribution in [3.05, 3.63) is 60.4 Å². The fraction of sp³-hybridized carbons (Fsp3) is 0.222. The average molecular weight is 275 g/mol. The molecule has 1 aliphatic rings. The number of aromatic nitrogens is 2. The molecule has 104 valence electrons. The Balaban J connectivity index is 1.72. The first kappa shape index (κ1) is 12.5. The standard InChI is InChI=1S/C18H17N3/c1-2-6-16-13(4-1)5-3-7-17(16)18-19-11-10-15(21-18)12-20-14-8-9-14/h1-7,10-11,14,20H,8-9,12H2. The molecule has 4 rings (SSSR count). The van der Waals surface area contributed by atoms with Crippen LogP contribution in [0.4, 0.5) is 0 Å². The highest BCUT2D eigenvalue weighted by molar-refractivity contribution is 5.94. The van der Waals surface area contributed by atoms with Crippen molar-refractivity contribution in [2.24, 2.45) is 0 Å². The van der Waals surface area contributed by atoms with Gasteiger partial charge in [-0.25, -0.2) is 9.97 Å². The van der Waals surface area contributed by atoms with Gasteiger partial charge >= 0.3 is 0 Å². The first-order valence-corrected chi connectivity index (χ1v) is 7.43. The molecule has 1 aromatic heterocycles. The van der Waals surface area contributed by atoms with Crippen molar-refractivity contribution in [3.63, 3.8) is 0 Å². The van der Waals surface area contributed by atoms with Crippen LogP contribution < -0.4 is 5.32 Å². The van der Waals surface area contributed by atoms with E-state index in [2.05, 4.69) is 52.8 Å². The van der Waals surface area contributed by atoms with E-state index in [0.717, 1.165) is 23.6 Å². The molecule has 3 nitrogen and oxygen atoms in total. The largest absolute Gasteiger partial charge is 0.308 e. The second-order valence-corrected chi connectivity index (χ2v) is 5.55. The van der Waals surface area contributed by atoms with Gasteiger partial charge in [-0.15, -0.1) is 0 Å². The number of fused-ring (bicyclic) bond motifs is 1. The minimum atomic E-state index is 0.695. The van der Waals surface area contributed by atoms with Crippen LogP contribution in [0.25, 0.3) is 22.2 Å². The fourth-order valence-electron chi connectivity index (χ4n) is 2.58. The first-order valence-electron chi connectivity index (χ1n) is 7.43. The molecule has 1 fully saturated rings. The third-order valence-electron chi connectivity index (χ3n) is 3.89. The van der Waals surface area contributed by atoms with Gasteiger partial charge in [-0.3, -0.25) is 0 Å². The summed E-state index contributed by atoms with van der Waals surface area (Å²) in [5.41, 5.74) is 2.15. The van der Waals surface area contributed by atoms with Crippen molar-refractivity contribution in [2.45, 2.75) is 25.4 Å². The van der Waals surface area contributed by atoms with Crippen LogP contribution >= 0.6 is 0 Å². The predicted molar refractivity (Wildman–Crippen MR) is 84.8 cm³/mol. The van der Waals surface area contributed by atoms with Gasteiger partial charge in [0.1, 0.15) is 0 Å². The van der Waals surface area contributed by atoms with Crippen LogP contribution in [0.2, 0.25) is 0 Å². The molecule has 3 heteroatoms. The Labute approximate surface area is 124 Å². The van der Waals surface area contributed by atoms with Crippen LogP contribution in [0, 0.1) is 0 Å². The second-order valence-electron chi connectivity index (χ2n) is 5.55. The van der Waals surface area contributed by atoms with E-state index in [4.69, 9.17) is 4.98 Å². The van der Waals surface area contributed by atoms with Gasteiger partial charge in [-0.05, 0) is 29.7 Å². The van der Waals surface area contributed by atoms with Crippen LogP contribution in [-0.2, 0) is 6.54 Å². The highest BCUT2D eigenvalue weighted by atomic mass is 15.0. The Morgan fingerprint density at radius 2 is 1.86 bits per heavy atom. The maximum atomic E-state index is 4.72. The lowest BCUT2D eigenvalue weighted by Crippen LogP contribution is -2.16. The minimum absolute atomic E-state index is 0.695. The smallest absolute Gasteiger partial charge is 0.160 e. The van der Waals surface area contributed by atoms with Crippen LogP contribution in [0.1, 0.15) is 18.5 Å². The van der Waals surface area contributed by atoms with Crippen molar-refractivity contribution in [3.8, 4) is 11.4 Å². The number of hydrogen-bond donors (Lipinski definition) is 1. The number of benzene rings is 2. The van der Waals surface area contributed by atoms with Crippen molar-refractivity contribution in [2.75, 3.05) is 0 Å². The lowest BCUT2D eigenvalue weighted by atomic mass is 10.0. The highest BCUT2D eigenvalue weighted by Gasteiger charge is 2.20. The molecular weight excluding hydrogens is 258 g/mol. The summed E-state index contributed by atoms with van der Waals surface area (Å²) >= 11 is 0. The maximum Gasteiger partial charge on any atom is 0.160 e. The number of nitrogens with zero attached hydrogens (tertiary/aromatic N) is 2. The Bertz CT molecular complexity index is 773. The summed E-state index contributed by atoms with van der Waals surface area (Å²) in [7, 11) is 0. The summed E-state index contributed by atoms with van der Waals surface area (Å²) in [6, 6.07) is 17.3. The number of nitrogens with one attached hydrogen (secondary N) is 1. The van der Waals surface area contributed by atoms with Crippen LogP contribution in [-0.4, -0.2) is 16.0 Å². The molecule has 0 bridgehead atoms. The Morgan fingerprint density at radius 1 is 1.00 bits per heavy atom. The minimum Gasteiger partial charge on any atom is -0.308 e. The zero-order valence-electron chi connectivity index (χ0n) is 11.8. The molecule has 0 saturated heterocycles. The van der Waals surface area contributed by atoms with Crippen molar-refractivity contribution in [1.29, 1.82) is 0 Å². The lowest BCUT2D eigenvalue weighted by molar-refractivity contribution is 0.673. The number of rotatable bonds is 4. The molecule has 0 aliphatic heterocycles. The topological polar surface area (TPSA) is 37.8 Å². The molecule has 0 amide bonds. The van der Waals surface area contributed by atoms with Crippen molar-refractivity contribution >= 4 is 10.8 Å². The zero-order chi connectivity index (χ0) is 14.1. The summed E-state index contributed by atoms with van der Waals surface area (Å²) in [5.74, 6) is 0.807. The summed E-state index contributed by atoms with van der Waals surface area (Å²) in [6.07, 6.45) is 4.44. The SMILES string of the molecule is c1ccc2c(-c3nccc(CNC4CC4)n3)cccc2c1. The highest BCUT2D eigenvalue weighted by Crippen LogP contribution is 2.26. The molecule has 1 N–H and O–H groups in total. The monoisotopic (exact) mass is 275 g/mol. The molecule has 3 aromatic rings. The van der Waals surface area contributed by atoms with E-state index in [9.17, 15) is 0 Å². The molecule has 21 heavy (non-hydrogen) atoms. The van der Waals surface area contributed by atoms with E-state index >= 15 is 0 Å². The van der Waals surface area contributed by atoms with Gasteiger partial charge < -0.3 is 5.32 Å². The molecule has 1 heterocycles. The van der Waals surface area contributed by atoms with Gasteiger partial charge in [-0.2, -0.15) is 0 Å². The van der Waals surface area contributed by atoms with Crippen molar-refractivity contribution < 1.29 is 0 Å². The molecule has 1 saturated carbocycles. The van der Waals surface area contributed by atoms with Gasteiger partial charge in [0.25, 0.3) is 0 Å². The normalized spacial score (nSPS) is 14.5. The molecule has 0 unspecified atom stereocenters. The average Bonchev–Trinajstić information content (AvgIpc) is 3.37. The lowest BCUT2D eigenvalue weighted by Gasteiger charge is -2.07. The van der Waals surface area contributed by atoms with E-state index in [1.165, 1.54) is 23.6 Å². The van der Waals surface area contributed by atoms with E-state index in [-0.39, 0.29) is 0 Å². The molecule has 0 atom stereocenters.